The average Bonchev–Trinajstić information content (AvgIpc) is 2.72. The van der Waals surface area contributed by atoms with Crippen molar-refractivity contribution in [3.05, 3.63) is 65.0 Å². The van der Waals surface area contributed by atoms with Gasteiger partial charge in [0.25, 0.3) is 0 Å². The van der Waals surface area contributed by atoms with Crippen molar-refractivity contribution in [1.82, 2.24) is 0 Å². The van der Waals surface area contributed by atoms with Crippen LogP contribution in [0.4, 0.5) is 10.1 Å². The van der Waals surface area contributed by atoms with Crippen LogP contribution in [0.15, 0.2) is 42.5 Å². The molecule has 1 aliphatic heterocycles. The van der Waals surface area contributed by atoms with Crippen molar-refractivity contribution in [1.29, 1.82) is 0 Å². The van der Waals surface area contributed by atoms with E-state index in [9.17, 15) is 9.18 Å². The second-order valence-corrected chi connectivity index (χ2v) is 4.48. The number of ether oxygens (including phenoxy) is 1. The fourth-order valence-electron chi connectivity index (χ4n) is 2.09. The maximum absolute atomic E-state index is 13.5. The Balaban J connectivity index is 1.89. The molecule has 0 saturated heterocycles. The van der Waals surface area contributed by atoms with Crippen LogP contribution < -0.4 is 5.32 Å². The number of cyclic esters (lactones) is 1. The number of carbonyl (C=O) groups is 1. The van der Waals surface area contributed by atoms with E-state index >= 15 is 0 Å². The molecule has 1 N–H and O–H groups in total. The molecule has 4 heteroatoms. The summed E-state index contributed by atoms with van der Waals surface area (Å²) in [5, 5.41) is 3.01. The van der Waals surface area contributed by atoms with Gasteiger partial charge in [-0.2, -0.15) is 0 Å². The summed E-state index contributed by atoms with van der Waals surface area (Å²) in [5.74, 6) is -0.650. The van der Waals surface area contributed by atoms with Gasteiger partial charge < -0.3 is 10.1 Å². The lowest BCUT2D eigenvalue weighted by Crippen LogP contribution is -2.10. The molecule has 1 heterocycles. The molecule has 0 aromatic heterocycles. The topological polar surface area (TPSA) is 38.3 Å². The number of fused-ring (bicyclic) bond motifs is 1. The van der Waals surface area contributed by atoms with Crippen molar-refractivity contribution >= 4 is 11.7 Å². The first-order valence-corrected chi connectivity index (χ1v) is 5.98. The number of hydrogen-bond donors (Lipinski definition) is 1. The number of carbonyl (C=O) groups excluding carboxylic acids is 1. The maximum Gasteiger partial charge on any atom is 0.340 e. The number of aryl methyl sites for hydroxylation is 1. The molecule has 2 aromatic rings. The average molecular weight is 257 g/mol. The van der Waals surface area contributed by atoms with Crippen molar-refractivity contribution < 1.29 is 13.9 Å². The quantitative estimate of drug-likeness (QED) is 0.838. The first kappa shape index (κ1) is 11.7. The minimum atomic E-state index is -0.564. The van der Waals surface area contributed by atoms with Crippen molar-refractivity contribution in [3.8, 4) is 0 Å². The second-order valence-electron chi connectivity index (χ2n) is 4.48. The molecule has 96 valence electrons. The molecule has 1 aliphatic rings. The summed E-state index contributed by atoms with van der Waals surface area (Å²) in [4.78, 5) is 11.7. The van der Waals surface area contributed by atoms with Crippen molar-refractivity contribution in [2.45, 2.75) is 13.2 Å². The van der Waals surface area contributed by atoms with Gasteiger partial charge in [-0.1, -0.05) is 24.3 Å². The van der Waals surface area contributed by atoms with E-state index in [1.807, 2.05) is 12.1 Å². The molecule has 2 aromatic carbocycles. The lowest BCUT2D eigenvalue weighted by Gasteiger charge is -2.14. The Kier molecular flexibility index (Phi) is 2.71. The number of esters is 1. The molecule has 1 atom stereocenters. The summed E-state index contributed by atoms with van der Waals surface area (Å²) >= 11 is 0. The Morgan fingerprint density at radius 3 is 2.79 bits per heavy atom. The van der Waals surface area contributed by atoms with Gasteiger partial charge in [-0.05, 0) is 30.7 Å². The van der Waals surface area contributed by atoms with E-state index in [-0.39, 0.29) is 11.8 Å². The van der Waals surface area contributed by atoms with Crippen molar-refractivity contribution in [3.63, 3.8) is 0 Å². The molecule has 1 unspecified atom stereocenters. The lowest BCUT2D eigenvalue weighted by molar-refractivity contribution is 0.0437. The molecule has 0 saturated carbocycles. The number of hydrogen-bond acceptors (Lipinski definition) is 3. The number of nitrogens with one attached hydrogen (secondary N) is 1. The van der Waals surface area contributed by atoms with E-state index in [2.05, 4.69) is 5.32 Å². The summed E-state index contributed by atoms with van der Waals surface area (Å²) in [7, 11) is 0. The lowest BCUT2D eigenvalue weighted by atomic mass is 10.1. The van der Waals surface area contributed by atoms with Crippen LogP contribution in [0.2, 0.25) is 0 Å². The second kappa shape index (κ2) is 4.39. The van der Waals surface area contributed by atoms with Crippen LogP contribution in [-0.2, 0) is 4.74 Å². The van der Waals surface area contributed by atoms with E-state index in [0.717, 1.165) is 5.56 Å². The van der Waals surface area contributed by atoms with Gasteiger partial charge >= 0.3 is 5.97 Å². The Morgan fingerprint density at radius 2 is 2.00 bits per heavy atom. The smallest absolute Gasteiger partial charge is 0.340 e. The van der Waals surface area contributed by atoms with Gasteiger partial charge in [0.05, 0.1) is 5.56 Å². The summed E-state index contributed by atoms with van der Waals surface area (Å²) in [6.45, 7) is 1.70. The third-order valence-electron chi connectivity index (χ3n) is 3.16. The first-order valence-electron chi connectivity index (χ1n) is 5.98. The largest absolute Gasteiger partial charge is 0.434 e. The van der Waals surface area contributed by atoms with Crippen LogP contribution in [0.5, 0.6) is 0 Å². The SMILES string of the molecule is Cc1ccc(NC2OC(=O)c3ccccc32)cc1F. The molecule has 3 nitrogen and oxygen atoms in total. The zero-order valence-electron chi connectivity index (χ0n) is 10.3. The summed E-state index contributed by atoms with van der Waals surface area (Å²) in [5.41, 5.74) is 2.48. The molecule has 0 bridgehead atoms. The van der Waals surface area contributed by atoms with E-state index < -0.39 is 6.23 Å². The van der Waals surface area contributed by atoms with Gasteiger partial charge in [0.1, 0.15) is 5.82 Å². The number of halogens is 1. The fourth-order valence-corrected chi connectivity index (χ4v) is 2.09. The van der Waals surface area contributed by atoms with E-state index in [4.69, 9.17) is 4.74 Å². The zero-order valence-corrected chi connectivity index (χ0v) is 10.3. The third kappa shape index (κ3) is 2.05. The highest BCUT2D eigenvalue weighted by molar-refractivity contribution is 5.94. The molecule has 0 fully saturated rings. The number of anilines is 1. The van der Waals surface area contributed by atoms with E-state index in [0.29, 0.717) is 16.8 Å². The number of rotatable bonds is 2. The highest BCUT2D eigenvalue weighted by Crippen LogP contribution is 2.31. The third-order valence-corrected chi connectivity index (χ3v) is 3.16. The normalized spacial score (nSPS) is 16.9. The van der Waals surface area contributed by atoms with Crippen molar-refractivity contribution in [2.75, 3.05) is 5.32 Å². The molecule has 0 radical (unpaired) electrons. The van der Waals surface area contributed by atoms with Crippen LogP contribution >= 0.6 is 0 Å². The minimum Gasteiger partial charge on any atom is -0.434 e. The summed E-state index contributed by atoms with van der Waals surface area (Å²) < 4.78 is 18.7. The van der Waals surface area contributed by atoms with Crippen LogP contribution in [0.1, 0.15) is 27.7 Å². The van der Waals surface area contributed by atoms with Gasteiger partial charge in [0.2, 0.25) is 6.23 Å². The van der Waals surface area contributed by atoms with Gasteiger partial charge in [-0.3, -0.25) is 0 Å². The predicted molar refractivity (Wildman–Crippen MR) is 69.4 cm³/mol. The Hall–Kier alpha value is -2.36. The Bertz CT molecular complexity index is 654. The molecule has 3 rings (SSSR count). The van der Waals surface area contributed by atoms with Crippen LogP contribution in [0, 0.1) is 12.7 Å². The highest BCUT2D eigenvalue weighted by atomic mass is 19.1. The van der Waals surface area contributed by atoms with Crippen LogP contribution in [0.25, 0.3) is 0 Å². The number of benzene rings is 2. The summed E-state index contributed by atoms with van der Waals surface area (Å²) in [6, 6.07) is 12.0. The standard InChI is InChI=1S/C15H12FNO2/c1-9-6-7-10(8-13(9)16)17-14-11-4-2-3-5-12(11)15(18)19-14/h2-8,14,17H,1H3. The van der Waals surface area contributed by atoms with E-state index in [1.165, 1.54) is 6.07 Å². The monoisotopic (exact) mass is 257 g/mol. The molecule has 0 spiro atoms. The highest BCUT2D eigenvalue weighted by Gasteiger charge is 2.30. The molecule has 19 heavy (non-hydrogen) atoms. The van der Waals surface area contributed by atoms with Gasteiger partial charge in [-0.15, -0.1) is 0 Å². The van der Waals surface area contributed by atoms with Gasteiger partial charge in [0, 0.05) is 11.3 Å². The minimum absolute atomic E-state index is 0.289. The van der Waals surface area contributed by atoms with Gasteiger partial charge in [-0.25, -0.2) is 9.18 Å². The maximum atomic E-state index is 13.5. The Morgan fingerprint density at radius 1 is 1.21 bits per heavy atom. The molecular weight excluding hydrogens is 245 g/mol. The predicted octanol–water partition coefficient (Wildman–Crippen LogP) is 3.42. The first-order chi connectivity index (χ1) is 9.15. The molecular formula is C15H12FNO2. The van der Waals surface area contributed by atoms with Crippen LogP contribution in [0.3, 0.4) is 0 Å². The molecule has 0 aliphatic carbocycles. The van der Waals surface area contributed by atoms with Gasteiger partial charge in [0.15, 0.2) is 0 Å². The Labute approximate surface area is 110 Å². The summed E-state index contributed by atoms with van der Waals surface area (Å²) in [6.07, 6.45) is -0.564. The van der Waals surface area contributed by atoms with E-state index in [1.54, 1.807) is 31.2 Å². The molecule has 0 amide bonds. The fraction of sp³-hybridized carbons (Fsp3) is 0.133. The van der Waals surface area contributed by atoms with Crippen molar-refractivity contribution in [2.24, 2.45) is 0 Å². The van der Waals surface area contributed by atoms with Crippen LogP contribution in [-0.4, -0.2) is 5.97 Å². The zero-order chi connectivity index (χ0) is 13.4.